The molecule has 1 heterocycles. The fraction of sp³-hybridized carbons (Fsp3) is 0.526. The largest absolute Gasteiger partial charge is 0.354 e. The van der Waals surface area contributed by atoms with Gasteiger partial charge in [0.15, 0.2) is 17.6 Å². The number of aromatic nitrogens is 3. The summed E-state index contributed by atoms with van der Waals surface area (Å²) in [6, 6.07) is 3.92. The van der Waals surface area contributed by atoms with Crippen LogP contribution < -0.4 is 10.6 Å². The minimum absolute atomic E-state index is 0.225. The van der Waals surface area contributed by atoms with Crippen LogP contribution in [-0.2, 0) is 13.0 Å². The lowest BCUT2D eigenvalue weighted by atomic mass is 10.1. The summed E-state index contributed by atoms with van der Waals surface area (Å²) in [5.41, 5.74) is 0.652. The number of aryl methyl sites for hydroxylation is 1. The smallest absolute Gasteiger partial charge is 0.192 e. The van der Waals surface area contributed by atoms with Crippen molar-refractivity contribution in [2.45, 2.75) is 59.2 Å². The molecule has 0 radical (unpaired) electrons. The van der Waals surface area contributed by atoms with E-state index in [9.17, 15) is 8.78 Å². The molecule has 2 rings (SSSR count). The normalized spacial score (nSPS) is 14.1. The van der Waals surface area contributed by atoms with E-state index in [4.69, 9.17) is 0 Å². The molecule has 148 valence electrons. The van der Waals surface area contributed by atoms with Crippen molar-refractivity contribution in [1.82, 2.24) is 25.4 Å². The highest BCUT2D eigenvalue weighted by Gasteiger charge is 2.12. The van der Waals surface area contributed by atoms with Crippen molar-refractivity contribution in [3.05, 3.63) is 47.5 Å². The summed E-state index contributed by atoms with van der Waals surface area (Å²) < 4.78 is 28.6. The van der Waals surface area contributed by atoms with Crippen molar-refractivity contribution >= 4 is 5.96 Å². The molecule has 2 N–H and O–H groups in total. The molecule has 0 fully saturated rings. The van der Waals surface area contributed by atoms with Gasteiger partial charge in [-0.05, 0) is 38.0 Å². The Labute approximate surface area is 159 Å². The zero-order valence-electron chi connectivity index (χ0n) is 16.3. The Bertz CT molecular complexity index is 758. The highest BCUT2D eigenvalue weighted by Crippen LogP contribution is 2.15. The molecule has 0 saturated carbocycles. The molecule has 0 amide bonds. The molecule has 0 aliphatic heterocycles. The van der Waals surface area contributed by atoms with Gasteiger partial charge in [-0.3, -0.25) is 4.99 Å². The van der Waals surface area contributed by atoms with Crippen LogP contribution in [0, 0.1) is 11.6 Å². The van der Waals surface area contributed by atoms with E-state index in [0.717, 1.165) is 24.7 Å². The SMILES string of the molecule is CCc1nncn1CCN=C(NC(C)CC)NC(C)c1ccc(F)c(F)c1. The van der Waals surface area contributed by atoms with Gasteiger partial charge in [-0.1, -0.05) is 19.9 Å². The first-order chi connectivity index (χ1) is 12.9. The number of nitrogens with zero attached hydrogens (tertiary/aromatic N) is 4. The number of nitrogens with one attached hydrogen (secondary N) is 2. The maximum atomic E-state index is 13.5. The number of benzene rings is 1. The lowest BCUT2D eigenvalue weighted by Gasteiger charge is -2.21. The number of halogens is 2. The quantitative estimate of drug-likeness (QED) is 0.547. The van der Waals surface area contributed by atoms with Crippen molar-refractivity contribution in [3.8, 4) is 0 Å². The molecular weight excluding hydrogens is 350 g/mol. The molecule has 2 aromatic rings. The predicted molar refractivity (Wildman–Crippen MR) is 102 cm³/mol. The van der Waals surface area contributed by atoms with Gasteiger partial charge < -0.3 is 15.2 Å². The fourth-order valence-electron chi connectivity index (χ4n) is 2.55. The van der Waals surface area contributed by atoms with Crippen LogP contribution in [-0.4, -0.2) is 33.3 Å². The van der Waals surface area contributed by atoms with Gasteiger partial charge in [0.2, 0.25) is 0 Å². The number of hydrogen-bond donors (Lipinski definition) is 2. The molecule has 0 saturated heterocycles. The van der Waals surface area contributed by atoms with Crippen molar-refractivity contribution in [1.29, 1.82) is 0 Å². The van der Waals surface area contributed by atoms with Crippen LogP contribution in [0.5, 0.6) is 0 Å². The molecule has 0 bridgehead atoms. The van der Waals surface area contributed by atoms with Gasteiger partial charge >= 0.3 is 0 Å². The number of rotatable bonds is 8. The third kappa shape index (κ3) is 6.01. The Hall–Kier alpha value is -2.51. The number of hydrogen-bond acceptors (Lipinski definition) is 3. The summed E-state index contributed by atoms with van der Waals surface area (Å²) in [6.07, 6.45) is 3.45. The van der Waals surface area contributed by atoms with Crippen LogP contribution in [0.25, 0.3) is 0 Å². The van der Waals surface area contributed by atoms with Crippen LogP contribution in [0.15, 0.2) is 29.5 Å². The molecule has 1 aromatic heterocycles. The van der Waals surface area contributed by atoms with Crippen LogP contribution in [0.1, 0.15) is 51.5 Å². The van der Waals surface area contributed by atoms with E-state index in [2.05, 4.69) is 39.7 Å². The van der Waals surface area contributed by atoms with Crippen LogP contribution in [0.4, 0.5) is 8.78 Å². The van der Waals surface area contributed by atoms with Gasteiger partial charge in [0.25, 0.3) is 0 Å². The molecule has 0 aliphatic rings. The third-order valence-corrected chi connectivity index (χ3v) is 4.42. The Morgan fingerprint density at radius 3 is 2.63 bits per heavy atom. The first kappa shape index (κ1) is 20.8. The predicted octanol–water partition coefficient (Wildman–Crippen LogP) is 3.21. The molecule has 0 spiro atoms. The average Bonchev–Trinajstić information content (AvgIpc) is 3.11. The van der Waals surface area contributed by atoms with E-state index >= 15 is 0 Å². The third-order valence-electron chi connectivity index (χ3n) is 4.42. The lowest BCUT2D eigenvalue weighted by molar-refractivity contribution is 0.504. The Kier molecular flexibility index (Phi) is 7.69. The fourth-order valence-corrected chi connectivity index (χ4v) is 2.55. The molecule has 0 aliphatic carbocycles. The summed E-state index contributed by atoms with van der Waals surface area (Å²) in [5.74, 6) is -0.148. The summed E-state index contributed by atoms with van der Waals surface area (Å²) in [4.78, 5) is 4.62. The molecule has 6 nitrogen and oxygen atoms in total. The van der Waals surface area contributed by atoms with E-state index in [1.165, 1.54) is 6.07 Å². The Morgan fingerprint density at radius 1 is 1.19 bits per heavy atom. The second-order valence-electron chi connectivity index (χ2n) is 6.52. The molecule has 27 heavy (non-hydrogen) atoms. The maximum absolute atomic E-state index is 13.5. The highest BCUT2D eigenvalue weighted by molar-refractivity contribution is 5.80. The van der Waals surface area contributed by atoms with E-state index < -0.39 is 11.6 Å². The first-order valence-corrected chi connectivity index (χ1v) is 9.33. The minimum Gasteiger partial charge on any atom is -0.354 e. The second kappa shape index (κ2) is 9.99. The first-order valence-electron chi connectivity index (χ1n) is 9.33. The summed E-state index contributed by atoms with van der Waals surface area (Å²) in [6.45, 7) is 9.28. The van der Waals surface area contributed by atoms with E-state index in [1.807, 2.05) is 18.4 Å². The zero-order chi connectivity index (χ0) is 19.8. The molecular formula is C19H28F2N6. The molecule has 1 aromatic carbocycles. The highest BCUT2D eigenvalue weighted by atomic mass is 19.2. The minimum atomic E-state index is -0.853. The van der Waals surface area contributed by atoms with Gasteiger partial charge in [0.1, 0.15) is 12.2 Å². The molecule has 2 atom stereocenters. The van der Waals surface area contributed by atoms with E-state index in [1.54, 1.807) is 12.4 Å². The van der Waals surface area contributed by atoms with Crippen molar-refractivity contribution in [3.63, 3.8) is 0 Å². The van der Waals surface area contributed by atoms with E-state index in [-0.39, 0.29) is 12.1 Å². The van der Waals surface area contributed by atoms with Crippen LogP contribution in [0.3, 0.4) is 0 Å². The topological polar surface area (TPSA) is 67.1 Å². The van der Waals surface area contributed by atoms with Crippen LogP contribution >= 0.6 is 0 Å². The van der Waals surface area contributed by atoms with Gasteiger partial charge in [-0.2, -0.15) is 0 Å². The van der Waals surface area contributed by atoms with Gasteiger partial charge in [-0.15, -0.1) is 10.2 Å². The second-order valence-corrected chi connectivity index (χ2v) is 6.52. The maximum Gasteiger partial charge on any atom is 0.192 e. The van der Waals surface area contributed by atoms with Gasteiger partial charge in [0.05, 0.1) is 12.6 Å². The molecule has 8 heteroatoms. The van der Waals surface area contributed by atoms with E-state index in [0.29, 0.717) is 24.6 Å². The summed E-state index contributed by atoms with van der Waals surface area (Å²) in [7, 11) is 0. The average molecular weight is 378 g/mol. The van der Waals surface area contributed by atoms with Gasteiger partial charge in [0, 0.05) is 19.0 Å². The summed E-state index contributed by atoms with van der Waals surface area (Å²) >= 11 is 0. The monoisotopic (exact) mass is 378 g/mol. The Balaban J connectivity index is 2.06. The molecule has 2 unspecified atom stereocenters. The van der Waals surface area contributed by atoms with Crippen molar-refractivity contribution in [2.75, 3.05) is 6.54 Å². The zero-order valence-corrected chi connectivity index (χ0v) is 16.3. The lowest BCUT2D eigenvalue weighted by Crippen LogP contribution is -2.43. The number of guanidine groups is 1. The Morgan fingerprint density at radius 2 is 1.96 bits per heavy atom. The standard InChI is InChI=1S/C19H28F2N6/c1-5-13(3)24-19(22-9-10-27-12-23-26-18(27)6-2)25-14(4)15-7-8-16(20)17(21)11-15/h7-8,11-14H,5-6,9-10H2,1-4H3,(H2,22,24,25). The van der Waals surface area contributed by atoms with Crippen molar-refractivity contribution in [2.24, 2.45) is 4.99 Å². The van der Waals surface area contributed by atoms with Crippen LogP contribution in [0.2, 0.25) is 0 Å². The van der Waals surface area contributed by atoms with Gasteiger partial charge in [-0.25, -0.2) is 8.78 Å². The van der Waals surface area contributed by atoms with Crippen molar-refractivity contribution < 1.29 is 8.78 Å². The number of aliphatic imine (C=N–C) groups is 1. The summed E-state index contributed by atoms with van der Waals surface area (Å²) in [5, 5.41) is 14.6.